The van der Waals surface area contributed by atoms with Gasteiger partial charge in [-0.1, -0.05) is 6.92 Å². The highest BCUT2D eigenvalue weighted by Gasteiger charge is 2.26. The van der Waals surface area contributed by atoms with Crippen LogP contribution in [0.3, 0.4) is 0 Å². The number of hydrogen-bond donors (Lipinski definition) is 2. The summed E-state index contributed by atoms with van der Waals surface area (Å²) in [6, 6.07) is 8.78. The summed E-state index contributed by atoms with van der Waals surface area (Å²) in [6.07, 6.45) is -0.698. The van der Waals surface area contributed by atoms with Crippen molar-refractivity contribution in [1.82, 2.24) is 4.90 Å². The third kappa shape index (κ3) is 6.26. The van der Waals surface area contributed by atoms with Crippen molar-refractivity contribution >= 4 is 39.2 Å². The summed E-state index contributed by atoms with van der Waals surface area (Å²) in [5.41, 5.74) is 4.59. The molecule has 0 aliphatic rings. The van der Waals surface area contributed by atoms with Crippen LogP contribution in [-0.4, -0.2) is 41.2 Å². The van der Waals surface area contributed by atoms with Crippen molar-refractivity contribution in [2.24, 2.45) is 5.73 Å². The van der Waals surface area contributed by atoms with Crippen LogP contribution < -0.4 is 14.7 Å². The maximum atomic E-state index is 12.6. The van der Waals surface area contributed by atoms with Gasteiger partial charge in [0.25, 0.3) is 5.69 Å². The van der Waals surface area contributed by atoms with E-state index in [0.717, 1.165) is 24.6 Å². The van der Waals surface area contributed by atoms with Gasteiger partial charge in [0.1, 0.15) is 16.4 Å². The highest BCUT2D eigenvalue weighted by Crippen LogP contribution is 2.27. The molecule has 13 heteroatoms. The van der Waals surface area contributed by atoms with Crippen LogP contribution in [-0.2, 0) is 16.7 Å². The monoisotopic (exact) mass is 469 g/mol. The highest BCUT2D eigenvalue weighted by molar-refractivity contribution is 7.87. The van der Waals surface area contributed by atoms with Crippen LogP contribution in [0.1, 0.15) is 18.9 Å². The number of thiocarbonyl (C=S) groups is 1. The van der Waals surface area contributed by atoms with E-state index in [1.165, 1.54) is 24.3 Å². The minimum Gasteiger partial charge on any atom is -0.494 e. The maximum absolute atomic E-state index is 12.6. The molecule has 1 amide bonds. The molecule has 166 valence electrons. The lowest BCUT2D eigenvalue weighted by atomic mass is 10.1. The van der Waals surface area contributed by atoms with Gasteiger partial charge in [-0.2, -0.15) is 8.42 Å². The highest BCUT2D eigenvalue weighted by atomic mass is 32.2. The quantitative estimate of drug-likeness (QED) is 0.242. The number of ether oxygens (including phenoxy) is 1. The zero-order chi connectivity index (χ0) is 23.2. The lowest BCUT2D eigenvalue weighted by Crippen LogP contribution is -2.39. The predicted octanol–water partition coefficient (Wildman–Crippen LogP) is 2.87. The van der Waals surface area contributed by atoms with E-state index < -0.39 is 43.4 Å². The third-order valence-electron chi connectivity index (χ3n) is 3.87. The molecule has 0 fully saturated rings. The number of benzene rings is 2. The topological polar surface area (TPSA) is 162 Å². The van der Waals surface area contributed by atoms with E-state index in [4.69, 9.17) is 19.8 Å². The summed E-state index contributed by atoms with van der Waals surface area (Å²) in [5, 5.41) is 20.0. The van der Waals surface area contributed by atoms with Crippen LogP contribution in [0.15, 0.2) is 47.4 Å². The molecule has 0 aliphatic heterocycles. The van der Waals surface area contributed by atoms with Crippen molar-refractivity contribution in [3.05, 3.63) is 58.1 Å². The number of carboxylic acid groups (broad SMARTS) is 1. The van der Waals surface area contributed by atoms with Gasteiger partial charge in [-0.15, -0.1) is 0 Å². The van der Waals surface area contributed by atoms with E-state index in [1.54, 1.807) is 0 Å². The molecule has 2 rings (SSSR count). The molecule has 0 aromatic heterocycles. The normalized spacial score (nSPS) is 10.9. The molecule has 0 bridgehead atoms. The zero-order valence-electron chi connectivity index (χ0n) is 16.3. The third-order valence-corrected chi connectivity index (χ3v) is 5.33. The summed E-state index contributed by atoms with van der Waals surface area (Å²) in [5.74, 6) is 0.522. The van der Waals surface area contributed by atoms with Crippen molar-refractivity contribution in [2.45, 2.75) is 24.8 Å². The summed E-state index contributed by atoms with van der Waals surface area (Å²) in [6.45, 7) is 1.92. The zero-order valence-corrected chi connectivity index (χ0v) is 17.9. The van der Waals surface area contributed by atoms with Crippen LogP contribution in [0, 0.1) is 10.1 Å². The minimum atomic E-state index is -4.40. The summed E-state index contributed by atoms with van der Waals surface area (Å²) >= 11 is 4.62. The number of amides is 1. The Morgan fingerprint density at radius 2 is 1.84 bits per heavy atom. The lowest BCUT2D eigenvalue weighted by molar-refractivity contribution is -0.385. The molecular weight excluding hydrogens is 450 g/mol. The van der Waals surface area contributed by atoms with Crippen LogP contribution in [0.4, 0.5) is 10.5 Å². The van der Waals surface area contributed by atoms with Crippen molar-refractivity contribution in [3.63, 3.8) is 0 Å². The Bertz CT molecular complexity index is 1070. The van der Waals surface area contributed by atoms with E-state index in [0.29, 0.717) is 17.3 Å². The molecule has 0 saturated heterocycles. The van der Waals surface area contributed by atoms with Gasteiger partial charge < -0.3 is 19.8 Å². The fraction of sp³-hybridized carbons (Fsp3) is 0.222. The van der Waals surface area contributed by atoms with Crippen molar-refractivity contribution in [1.29, 1.82) is 0 Å². The summed E-state index contributed by atoms with van der Waals surface area (Å²) < 4.78 is 35.6. The average molecular weight is 469 g/mol. The summed E-state index contributed by atoms with van der Waals surface area (Å²) in [4.78, 5) is 21.8. The number of carbonyl (C=O) groups is 1. The lowest BCUT2D eigenvalue weighted by Gasteiger charge is -2.17. The van der Waals surface area contributed by atoms with E-state index in [1.807, 2.05) is 6.92 Å². The Kier molecular flexibility index (Phi) is 7.72. The van der Waals surface area contributed by atoms with E-state index >= 15 is 0 Å². The molecule has 0 radical (unpaired) electrons. The second kappa shape index (κ2) is 10.0. The van der Waals surface area contributed by atoms with Gasteiger partial charge in [-0.05, 0) is 55.0 Å². The second-order valence-electron chi connectivity index (χ2n) is 6.11. The largest absolute Gasteiger partial charge is 0.494 e. The number of nitro benzene ring substituents is 1. The van der Waals surface area contributed by atoms with Crippen molar-refractivity contribution in [2.75, 3.05) is 6.61 Å². The Balaban J connectivity index is 2.30. The van der Waals surface area contributed by atoms with E-state index in [2.05, 4.69) is 12.2 Å². The van der Waals surface area contributed by atoms with Crippen molar-refractivity contribution < 1.29 is 32.2 Å². The van der Waals surface area contributed by atoms with Crippen molar-refractivity contribution in [3.8, 4) is 11.5 Å². The van der Waals surface area contributed by atoms with Gasteiger partial charge in [-0.25, -0.2) is 9.69 Å². The van der Waals surface area contributed by atoms with Gasteiger partial charge >= 0.3 is 16.2 Å². The van der Waals surface area contributed by atoms with Gasteiger partial charge in [0, 0.05) is 11.6 Å². The fourth-order valence-corrected chi connectivity index (χ4v) is 3.49. The molecule has 11 nitrogen and oxygen atoms in total. The molecule has 0 unspecified atom stereocenters. The molecule has 0 saturated carbocycles. The minimum absolute atomic E-state index is 0.0129. The predicted molar refractivity (Wildman–Crippen MR) is 113 cm³/mol. The Morgan fingerprint density at radius 3 is 2.35 bits per heavy atom. The molecule has 2 aromatic rings. The van der Waals surface area contributed by atoms with Crippen LogP contribution in [0.2, 0.25) is 0 Å². The first kappa shape index (κ1) is 23.8. The molecule has 31 heavy (non-hydrogen) atoms. The molecule has 2 aromatic carbocycles. The molecule has 0 spiro atoms. The molecule has 0 atom stereocenters. The number of nitro groups is 1. The Morgan fingerprint density at radius 1 is 1.23 bits per heavy atom. The molecular formula is C18H19N3O8S2. The first-order chi connectivity index (χ1) is 14.5. The van der Waals surface area contributed by atoms with Gasteiger partial charge in [0.15, 0.2) is 5.11 Å². The van der Waals surface area contributed by atoms with E-state index in [-0.39, 0.29) is 11.3 Å². The first-order valence-corrected chi connectivity index (χ1v) is 10.6. The van der Waals surface area contributed by atoms with Crippen LogP contribution in [0.25, 0.3) is 0 Å². The number of rotatable bonds is 9. The SMILES string of the molecule is CCCOc1ccc(OS(=O)(=O)c2ccc(CN(C(=O)O)C(N)=S)c([N+](=O)[O-])c2)cc1. The molecule has 3 N–H and O–H groups in total. The molecule has 0 heterocycles. The van der Waals surface area contributed by atoms with E-state index in [9.17, 15) is 23.3 Å². The Labute approximate surface area is 183 Å². The second-order valence-corrected chi connectivity index (χ2v) is 8.08. The number of hydrogen-bond acceptors (Lipinski definition) is 8. The number of nitrogens with two attached hydrogens (primary N) is 1. The fourth-order valence-electron chi connectivity index (χ4n) is 2.40. The standard InChI is InChI=1S/C18H19N3O8S2/c1-2-9-28-13-4-6-14(7-5-13)29-31(26,27)15-8-3-12(16(10-15)21(24)25)11-20(17(19)30)18(22)23/h3-8,10H,2,9,11H2,1H3,(H2,19,30)(H,22,23). The van der Waals surface area contributed by atoms with Gasteiger partial charge in [0.05, 0.1) is 18.1 Å². The average Bonchev–Trinajstić information content (AvgIpc) is 2.70. The Hall–Kier alpha value is -3.45. The number of nitrogens with zero attached hydrogens (tertiary/aromatic N) is 2. The van der Waals surface area contributed by atoms with Gasteiger partial charge in [0.2, 0.25) is 0 Å². The first-order valence-electron chi connectivity index (χ1n) is 8.79. The summed E-state index contributed by atoms with van der Waals surface area (Å²) in [7, 11) is -4.40. The molecule has 0 aliphatic carbocycles. The van der Waals surface area contributed by atoms with Gasteiger partial charge in [-0.3, -0.25) is 10.1 Å². The smallest absolute Gasteiger partial charge is 0.413 e. The van der Waals surface area contributed by atoms with Crippen LogP contribution >= 0.6 is 12.2 Å². The maximum Gasteiger partial charge on any atom is 0.413 e. The van der Waals surface area contributed by atoms with Crippen LogP contribution in [0.5, 0.6) is 11.5 Å².